The molecule has 5 heteroatoms. The Labute approximate surface area is 121 Å². The van der Waals surface area contributed by atoms with Crippen LogP contribution in [0.3, 0.4) is 0 Å². The van der Waals surface area contributed by atoms with Crippen molar-refractivity contribution in [1.82, 2.24) is 14.8 Å². The summed E-state index contributed by atoms with van der Waals surface area (Å²) in [5.74, 6) is 0. The highest BCUT2D eigenvalue weighted by atomic mass is 16.5. The summed E-state index contributed by atoms with van der Waals surface area (Å²) in [6.45, 7) is 6.35. The van der Waals surface area contributed by atoms with E-state index >= 15 is 0 Å². The van der Waals surface area contributed by atoms with Crippen LogP contribution in [0.1, 0.15) is 11.4 Å². The van der Waals surface area contributed by atoms with E-state index in [9.17, 15) is 0 Å². The van der Waals surface area contributed by atoms with Gasteiger partial charge in [-0.2, -0.15) is 0 Å². The van der Waals surface area contributed by atoms with Gasteiger partial charge in [-0.15, -0.1) is 0 Å². The molecule has 0 aliphatic carbocycles. The van der Waals surface area contributed by atoms with Crippen molar-refractivity contribution < 1.29 is 9.47 Å². The van der Waals surface area contributed by atoms with Gasteiger partial charge in [-0.25, -0.2) is 0 Å². The van der Waals surface area contributed by atoms with Gasteiger partial charge in [0.2, 0.25) is 0 Å². The summed E-state index contributed by atoms with van der Waals surface area (Å²) in [4.78, 5) is 9.18. The quantitative estimate of drug-likeness (QED) is 0.708. The third kappa shape index (κ3) is 5.54. The third-order valence-corrected chi connectivity index (χ3v) is 3.33. The van der Waals surface area contributed by atoms with E-state index in [1.807, 2.05) is 0 Å². The molecule has 0 unspecified atom stereocenters. The fourth-order valence-corrected chi connectivity index (χ4v) is 2.18. The van der Waals surface area contributed by atoms with Gasteiger partial charge in [0.1, 0.15) is 0 Å². The summed E-state index contributed by atoms with van der Waals surface area (Å²) in [6, 6.07) is 6.26. The fraction of sp³-hybridized carbons (Fsp3) is 0.667. The van der Waals surface area contributed by atoms with Crippen LogP contribution in [0.15, 0.2) is 18.2 Å². The first-order valence-electron chi connectivity index (χ1n) is 7.21. The van der Waals surface area contributed by atoms with E-state index in [-0.39, 0.29) is 0 Å². The molecule has 0 fully saturated rings. The second-order valence-corrected chi connectivity index (χ2v) is 5.32. The number of fused-ring (bicyclic) bond motifs is 2. The molecule has 20 heavy (non-hydrogen) atoms. The molecule has 1 aromatic rings. The van der Waals surface area contributed by atoms with Gasteiger partial charge >= 0.3 is 0 Å². The first-order valence-corrected chi connectivity index (χ1v) is 7.21. The Kier molecular flexibility index (Phi) is 6.39. The van der Waals surface area contributed by atoms with Gasteiger partial charge in [-0.3, -0.25) is 14.8 Å². The minimum atomic E-state index is 0.670. The summed E-state index contributed by atoms with van der Waals surface area (Å²) >= 11 is 0. The van der Waals surface area contributed by atoms with Crippen LogP contribution >= 0.6 is 0 Å². The number of hydrogen-bond acceptors (Lipinski definition) is 5. The maximum atomic E-state index is 5.56. The van der Waals surface area contributed by atoms with E-state index < -0.39 is 0 Å². The van der Waals surface area contributed by atoms with E-state index in [1.165, 1.54) is 0 Å². The molecule has 5 nitrogen and oxygen atoms in total. The molecule has 0 atom stereocenters. The Balaban J connectivity index is 2.00. The van der Waals surface area contributed by atoms with E-state index in [1.54, 1.807) is 0 Å². The van der Waals surface area contributed by atoms with Crippen LogP contribution in [-0.2, 0) is 22.6 Å². The van der Waals surface area contributed by atoms with E-state index in [0.717, 1.165) is 50.8 Å². The number of nitrogens with zero attached hydrogens (tertiary/aromatic N) is 3. The van der Waals surface area contributed by atoms with Crippen molar-refractivity contribution in [2.75, 3.05) is 53.6 Å². The van der Waals surface area contributed by atoms with Gasteiger partial charge in [0.25, 0.3) is 0 Å². The molecule has 0 radical (unpaired) electrons. The number of aromatic nitrogens is 1. The summed E-state index contributed by atoms with van der Waals surface area (Å²) in [6.07, 6.45) is 0. The number of hydrogen-bond donors (Lipinski definition) is 0. The van der Waals surface area contributed by atoms with Crippen molar-refractivity contribution in [2.24, 2.45) is 0 Å². The molecule has 112 valence electrons. The molecule has 0 spiro atoms. The van der Waals surface area contributed by atoms with Crippen LogP contribution < -0.4 is 0 Å². The molecule has 0 saturated carbocycles. The number of pyridine rings is 1. The van der Waals surface area contributed by atoms with Crippen LogP contribution in [0, 0.1) is 0 Å². The summed E-state index contributed by atoms with van der Waals surface area (Å²) in [5.41, 5.74) is 2.23. The monoisotopic (exact) mass is 279 g/mol. The average Bonchev–Trinajstić information content (AvgIpc) is 2.41. The number of likely N-dealkylation sites (N-methyl/N-ethyl adjacent to an activating group) is 2. The van der Waals surface area contributed by atoms with Crippen molar-refractivity contribution in [2.45, 2.75) is 13.1 Å². The SMILES string of the molecule is CN1CCOCCOCCN(C)Cc2cccc(n2)C1. The maximum Gasteiger partial charge on any atom is 0.0701 e. The minimum Gasteiger partial charge on any atom is -0.378 e. The molecular formula is C15H25N3O2. The highest BCUT2D eigenvalue weighted by molar-refractivity contribution is 5.11. The molecule has 0 aromatic carbocycles. The fourth-order valence-electron chi connectivity index (χ4n) is 2.18. The van der Waals surface area contributed by atoms with Crippen LogP contribution in [-0.4, -0.2) is 68.4 Å². The van der Waals surface area contributed by atoms with Crippen molar-refractivity contribution in [3.05, 3.63) is 29.6 Å². The highest BCUT2D eigenvalue weighted by Gasteiger charge is 2.06. The predicted octanol–water partition coefficient (Wildman–Crippen LogP) is 0.992. The van der Waals surface area contributed by atoms with Gasteiger partial charge in [0.15, 0.2) is 0 Å². The predicted molar refractivity (Wildman–Crippen MR) is 78.5 cm³/mol. The average molecular weight is 279 g/mol. The van der Waals surface area contributed by atoms with Crippen molar-refractivity contribution in [1.29, 1.82) is 0 Å². The second kappa shape index (κ2) is 8.32. The van der Waals surface area contributed by atoms with Crippen LogP contribution in [0.25, 0.3) is 0 Å². The first kappa shape index (κ1) is 15.4. The summed E-state index contributed by atoms with van der Waals surface area (Å²) in [5, 5.41) is 0. The lowest BCUT2D eigenvalue weighted by Gasteiger charge is -2.17. The molecule has 0 saturated heterocycles. The van der Waals surface area contributed by atoms with Gasteiger partial charge in [0.05, 0.1) is 37.8 Å². The zero-order valence-corrected chi connectivity index (χ0v) is 12.5. The molecule has 1 aliphatic rings. The van der Waals surface area contributed by atoms with Gasteiger partial charge in [0, 0.05) is 26.2 Å². The summed E-state index contributed by atoms with van der Waals surface area (Å²) < 4.78 is 11.1. The van der Waals surface area contributed by atoms with Gasteiger partial charge in [-0.1, -0.05) is 6.07 Å². The Morgan fingerprint density at radius 2 is 1.35 bits per heavy atom. The highest BCUT2D eigenvalue weighted by Crippen LogP contribution is 2.05. The third-order valence-electron chi connectivity index (χ3n) is 3.33. The summed E-state index contributed by atoms with van der Waals surface area (Å²) in [7, 11) is 4.19. The zero-order valence-electron chi connectivity index (χ0n) is 12.5. The van der Waals surface area contributed by atoms with Crippen LogP contribution in [0.4, 0.5) is 0 Å². The number of rotatable bonds is 0. The standard InChI is InChI=1S/C15H25N3O2/c1-17-6-8-19-10-11-20-9-7-18(2)13-15-5-3-4-14(12-17)16-15/h3-5H,6-13H2,1-2H3. The minimum absolute atomic E-state index is 0.670. The lowest BCUT2D eigenvalue weighted by atomic mass is 10.2. The zero-order chi connectivity index (χ0) is 14.2. The first-order chi connectivity index (χ1) is 9.74. The molecule has 1 aliphatic heterocycles. The molecule has 2 bridgehead atoms. The Morgan fingerprint density at radius 1 is 0.850 bits per heavy atom. The normalized spacial score (nSPS) is 21.1. The molecule has 0 amide bonds. The van der Waals surface area contributed by atoms with E-state index in [4.69, 9.17) is 14.5 Å². The topological polar surface area (TPSA) is 37.8 Å². The van der Waals surface area contributed by atoms with E-state index in [2.05, 4.69) is 42.1 Å². The Hall–Kier alpha value is -1.01. The van der Waals surface area contributed by atoms with Crippen LogP contribution in [0.5, 0.6) is 0 Å². The van der Waals surface area contributed by atoms with E-state index in [0.29, 0.717) is 13.2 Å². The Morgan fingerprint density at radius 3 is 1.85 bits per heavy atom. The molecular weight excluding hydrogens is 254 g/mol. The second-order valence-electron chi connectivity index (χ2n) is 5.32. The van der Waals surface area contributed by atoms with Crippen molar-refractivity contribution in [3.8, 4) is 0 Å². The van der Waals surface area contributed by atoms with Gasteiger partial charge in [-0.05, 0) is 26.2 Å². The lowest BCUT2D eigenvalue weighted by Crippen LogP contribution is -2.24. The smallest absolute Gasteiger partial charge is 0.0701 e. The largest absolute Gasteiger partial charge is 0.378 e. The maximum absolute atomic E-state index is 5.56. The van der Waals surface area contributed by atoms with Crippen molar-refractivity contribution >= 4 is 0 Å². The molecule has 2 rings (SSSR count). The molecule has 1 aromatic heterocycles. The van der Waals surface area contributed by atoms with Crippen molar-refractivity contribution in [3.63, 3.8) is 0 Å². The molecule has 2 heterocycles. The molecule has 0 N–H and O–H groups in total. The number of ether oxygens (including phenoxy) is 2. The van der Waals surface area contributed by atoms with Gasteiger partial charge < -0.3 is 9.47 Å². The lowest BCUT2D eigenvalue weighted by molar-refractivity contribution is 0.0343. The Bertz CT molecular complexity index is 367. The van der Waals surface area contributed by atoms with Crippen LogP contribution in [0.2, 0.25) is 0 Å².